The van der Waals surface area contributed by atoms with Gasteiger partial charge in [0.1, 0.15) is 0 Å². The van der Waals surface area contributed by atoms with E-state index in [-0.39, 0.29) is 28.3 Å². The molecule has 47 heavy (non-hydrogen) atoms. The summed E-state index contributed by atoms with van der Waals surface area (Å²) in [5.41, 5.74) is 1.51. The summed E-state index contributed by atoms with van der Waals surface area (Å²) in [6.45, 7) is 33.8. The summed E-state index contributed by atoms with van der Waals surface area (Å²) in [5, 5.41) is 17.0. The first-order valence-electron chi connectivity index (χ1n) is 20.1. The van der Waals surface area contributed by atoms with E-state index in [2.05, 4.69) is 126 Å². The molecule has 0 bridgehead atoms. The number of hydrogen-bond donors (Lipinski definition) is 0. The summed E-state index contributed by atoms with van der Waals surface area (Å²) in [6.07, 6.45) is 0. The van der Waals surface area contributed by atoms with Gasteiger partial charge in [0, 0.05) is 27.4 Å². The van der Waals surface area contributed by atoms with Crippen molar-refractivity contribution in [2.75, 3.05) is 30.3 Å². The van der Waals surface area contributed by atoms with Crippen molar-refractivity contribution in [3.8, 4) is 0 Å². The second-order valence-electron chi connectivity index (χ2n) is 12.5. The molecule has 0 radical (unpaired) electrons. The number of rotatable bonds is 21. The van der Waals surface area contributed by atoms with Crippen LogP contribution in [0.2, 0.25) is 67.5 Å². The number of ether oxygens (including phenoxy) is 2. The third kappa shape index (κ3) is 32.5. The fourth-order valence-electron chi connectivity index (χ4n) is 5.63. The highest BCUT2D eigenvalue weighted by Crippen LogP contribution is 2.23. The van der Waals surface area contributed by atoms with Crippen LogP contribution in [0, 0.1) is 0 Å². The molecule has 272 valence electrons. The molecule has 0 heterocycles. The van der Waals surface area contributed by atoms with Gasteiger partial charge in [0.15, 0.2) is 0 Å². The molecule has 0 unspecified atom stereocenters. The predicted molar refractivity (Wildman–Crippen MR) is 230 cm³/mol. The van der Waals surface area contributed by atoms with Crippen LogP contribution in [-0.4, -0.2) is 113 Å². The van der Waals surface area contributed by atoms with E-state index in [1.165, 1.54) is 47.9 Å². The summed E-state index contributed by atoms with van der Waals surface area (Å²) < 4.78 is 19.9. The minimum absolute atomic E-state index is 0.224. The first kappa shape index (κ1) is 55.8. The Morgan fingerprint density at radius 3 is 0.957 bits per heavy atom. The maximum Gasteiger partial charge on any atom is 0.429 e. The Balaban J connectivity index is -0.000000271. The van der Waals surface area contributed by atoms with Crippen LogP contribution in [0.3, 0.4) is 0 Å². The summed E-state index contributed by atoms with van der Waals surface area (Å²) in [4.78, 5) is 0. The van der Waals surface area contributed by atoms with Crippen molar-refractivity contribution in [2.45, 2.75) is 164 Å². The number of methoxy groups -OCH3 is 2. The van der Waals surface area contributed by atoms with Crippen LogP contribution in [-0.2, 0) is 12.3 Å². The van der Waals surface area contributed by atoms with Gasteiger partial charge in [-0.05, 0) is 31.7 Å². The molecule has 0 N–H and O–H groups in total. The normalized spacial score (nSPS) is 9.53. The van der Waals surface area contributed by atoms with Gasteiger partial charge in [-0.1, -0.05) is 165 Å². The molecule has 0 atom stereocenters. The van der Waals surface area contributed by atoms with Gasteiger partial charge < -0.3 is 15.2 Å². The standard InChI is InChI=1S/C6H5N.2C3H8O.12C2H5.CH2.6Al.O/c7-6-4-2-1-3-5-6;2*1-3-4-2;12*1-2;;;;;;;;/h1-5H;2*3H2,1-2H3;12*1H2,2H3;1H2;;;;;;;. The van der Waals surface area contributed by atoms with Crippen molar-refractivity contribution >= 4 is 91.7 Å². The van der Waals surface area contributed by atoms with Gasteiger partial charge in [0.2, 0.25) is 28.3 Å². The summed E-state index contributed by atoms with van der Waals surface area (Å²) >= 11 is -3.36. The Bertz CT molecular complexity index is 609. The van der Waals surface area contributed by atoms with E-state index in [0.29, 0.717) is 0 Å². The number of anilines is 1. The lowest BCUT2D eigenvalue weighted by Gasteiger charge is -2.36. The van der Waals surface area contributed by atoms with Crippen molar-refractivity contribution in [2.24, 2.45) is 0 Å². The highest BCUT2D eigenvalue weighted by Gasteiger charge is 2.31. The van der Waals surface area contributed by atoms with Crippen LogP contribution in [0.1, 0.15) is 96.9 Å². The van der Waals surface area contributed by atoms with Gasteiger partial charge in [-0.15, -0.1) is 4.14 Å². The van der Waals surface area contributed by atoms with Crippen molar-refractivity contribution in [1.29, 1.82) is 0 Å². The maximum absolute atomic E-state index is 6.12. The zero-order valence-corrected chi connectivity index (χ0v) is 42.1. The fourth-order valence-corrected chi connectivity index (χ4v) is 31.1. The van der Waals surface area contributed by atoms with Crippen molar-refractivity contribution < 1.29 is 12.3 Å². The van der Waals surface area contributed by atoms with Crippen LogP contribution in [0.5, 0.6) is 0 Å². The summed E-state index contributed by atoms with van der Waals surface area (Å²) in [6, 6.07) is 11.1. The fraction of sp³-hybridized carbons (Fsp3) is 0.838. The molecule has 1 aromatic carbocycles. The second-order valence-corrected chi connectivity index (χ2v) is 35.5. The Kier molecular flexibility index (Phi) is 52.6. The third-order valence-electron chi connectivity index (χ3n) is 9.49. The lowest BCUT2D eigenvalue weighted by atomic mass is 10.3. The van der Waals surface area contributed by atoms with Crippen LogP contribution in [0.15, 0.2) is 30.3 Å². The number of benzene rings is 1. The first-order chi connectivity index (χ1) is 22.7. The quantitative estimate of drug-likeness (QED) is 0.117. The molecule has 0 aliphatic carbocycles. The Morgan fingerprint density at radius 2 is 0.745 bits per heavy atom. The first-order valence-corrected chi connectivity index (χ1v) is 33.5. The molecule has 1 rings (SSSR count). The van der Waals surface area contributed by atoms with Gasteiger partial charge >= 0.3 is 57.7 Å². The maximum atomic E-state index is 6.12. The molecule has 0 aliphatic rings. The van der Waals surface area contributed by atoms with E-state index < -0.39 is 57.7 Å². The van der Waals surface area contributed by atoms with Gasteiger partial charge in [0.25, 0.3) is 0 Å². The van der Waals surface area contributed by atoms with E-state index in [1.54, 1.807) is 39.5 Å². The summed E-state index contributed by atoms with van der Waals surface area (Å²) in [5.74, 6) is 0. The largest absolute Gasteiger partial charge is 0.636 e. The molecule has 0 saturated carbocycles. The topological polar surface area (TPSA) is 30.9 Å². The average Bonchev–Trinajstić information content (AvgIpc) is 3.14. The molecule has 0 aliphatic heterocycles. The van der Waals surface area contributed by atoms with Crippen LogP contribution >= 0.6 is 0 Å². The monoisotopic (exact) mass is 752 g/mol. The second kappa shape index (κ2) is 44.3. The van der Waals surface area contributed by atoms with Crippen LogP contribution < -0.4 is 2.87 Å². The molecular formula is C37H83Al6NO3. The Hall–Kier alpha value is 2.09. The highest BCUT2D eigenvalue weighted by atomic mass is 27.3. The molecular weight excluding hydrogens is 668 g/mol. The highest BCUT2D eigenvalue weighted by molar-refractivity contribution is 6.83. The third-order valence-corrected chi connectivity index (χ3v) is 34.6. The van der Waals surface area contributed by atoms with E-state index in [0.717, 1.165) is 13.2 Å². The Morgan fingerprint density at radius 1 is 0.447 bits per heavy atom. The smallest absolute Gasteiger partial charge is 0.429 e. The Labute approximate surface area is 325 Å². The number of nitrogens with zero attached hydrogens (tertiary/aromatic N) is 1. The summed E-state index contributed by atoms with van der Waals surface area (Å²) in [7, 11) is 3.36. The minimum atomic E-state index is -0.732. The van der Waals surface area contributed by atoms with Gasteiger partial charge in [-0.3, -0.25) is 0 Å². The molecule has 0 fully saturated rings. The number of hydrogen-bond acceptors (Lipinski definition) is 4. The SMILES string of the molecule is CCOC.CCOC.C[CH2][Al]([CH2]C)[CH2][Al]([CH2]C)[CH2]C.C[CH2][Al]([CH2]C)[N](c1ccccc1)[Al]([CH2]C)[CH2]C.C[CH2][Al]([CH2]C)[O][Al]([CH2]C)[CH2]C. The van der Waals surface area contributed by atoms with E-state index in [1.807, 2.05) is 13.8 Å². The average molecular weight is 752 g/mol. The van der Waals surface area contributed by atoms with Crippen LogP contribution in [0.4, 0.5) is 5.69 Å². The molecule has 4 nitrogen and oxygen atoms in total. The molecule has 0 amide bonds. The lowest BCUT2D eigenvalue weighted by Crippen LogP contribution is -2.48. The van der Waals surface area contributed by atoms with Crippen LogP contribution in [0.25, 0.3) is 0 Å². The zero-order valence-electron chi connectivity index (χ0n) is 35.1. The van der Waals surface area contributed by atoms with E-state index >= 15 is 0 Å². The van der Waals surface area contributed by atoms with Gasteiger partial charge in [-0.2, -0.15) is 0 Å². The van der Waals surface area contributed by atoms with Crippen molar-refractivity contribution in [3.63, 3.8) is 0 Å². The zero-order chi connectivity index (χ0) is 36.9. The lowest BCUT2D eigenvalue weighted by molar-refractivity contribution is 0.215. The minimum Gasteiger partial charge on any atom is -0.636 e. The van der Waals surface area contributed by atoms with Gasteiger partial charge in [0.05, 0.1) is 0 Å². The predicted octanol–water partition coefficient (Wildman–Crippen LogP) is 12.5. The van der Waals surface area contributed by atoms with E-state index in [4.69, 9.17) is 2.84 Å². The number of para-hydroxylation sites is 1. The molecule has 0 spiro atoms. The molecule has 10 heteroatoms. The van der Waals surface area contributed by atoms with Gasteiger partial charge in [-0.25, -0.2) is 0 Å². The molecule has 1 aromatic rings. The molecule has 0 aromatic heterocycles. The van der Waals surface area contributed by atoms with Crippen molar-refractivity contribution in [3.05, 3.63) is 30.3 Å². The molecule has 0 saturated heterocycles. The van der Waals surface area contributed by atoms with E-state index in [9.17, 15) is 0 Å². The van der Waals surface area contributed by atoms with Crippen molar-refractivity contribution in [1.82, 2.24) is 0 Å².